The Bertz CT molecular complexity index is 293. The molecule has 0 bridgehead atoms. The lowest BCUT2D eigenvalue weighted by Crippen LogP contribution is -2.14. The standard InChI is InChI=1S/C11H14O4/c1-14-10(12)8-6-4-3-5-7-9(8)11(13)15-2/h6-7H,3-5H2,1-2H3. The van der Waals surface area contributed by atoms with E-state index in [9.17, 15) is 9.59 Å². The van der Waals surface area contributed by atoms with Crippen molar-refractivity contribution >= 4 is 11.9 Å². The molecule has 1 aliphatic rings. The van der Waals surface area contributed by atoms with E-state index in [4.69, 9.17) is 0 Å². The van der Waals surface area contributed by atoms with Gasteiger partial charge in [0.05, 0.1) is 25.4 Å². The van der Waals surface area contributed by atoms with Crippen molar-refractivity contribution in [3.05, 3.63) is 23.3 Å². The van der Waals surface area contributed by atoms with Crippen molar-refractivity contribution in [1.82, 2.24) is 0 Å². The summed E-state index contributed by atoms with van der Waals surface area (Å²) in [7, 11) is 2.59. The Kier molecular flexibility index (Phi) is 4.09. The minimum absolute atomic E-state index is 0.307. The highest BCUT2D eigenvalue weighted by molar-refractivity contribution is 6.06. The van der Waals surface area contributed by atoms with Gasteiger partial charge in [-0.2, -0.15) is 0 Å². The number of ether oxygens (including phenoxy) is 2. The van der Waals surface area contributed by atoms with E-state index in [1.807, 2.05) is 0 Å². The van der Waals surface area contributed by atoms with Crippen LogP contribution in [0.1, 0.15) is 19.3 Å². The second-order valence-corrected chi connectivity index (χ2v) is 3.15. The average molecular weight is 210 g/mol. The van der Waals surface area contributed by atoms with Gasteiger partial charge in [-0.1, -0.05) is 12.2 Å². The minimum Gasteiger partial charge on any atom is -0.465 e. The van der Waals surface area contributed by atoms with Crippen LogP contribution in [0.4, 0.5) is 0 Å². The maximum absolute atomic E-state index is 11.4. The maximum Gasteiger partial charge on any atom is 0.338 e. The van der Waals surface area contributed by atoms with Gasteiger partial charge in [0.25, 0.3) is 0 Å². The molecule has 1 rings (SSSR count). The first-order valence-corrected chi connectivity index (χ1v) is 4.78. The van der Waals surface area contributed by atoms with Gasteiger partial charge in [0.1, 0.15) is 0 Å². The average Bonchev–Trinajstić information content (AvgIpc) is 2.52. The highest BCUT2D eigenvalue weighted by Crippen LogP contribution is 2.20. The zero-order valence-corrected chi connectivity index (χ0v) is 8.91. The van der Waals surface area contributed by atoms with Crippen LogP contribution in [0.3, 0.4) is 0 Å². The molecule has 0 saturated heterocycles. The van der Waals surface area contributed by atoms with Crippen LogP contribution in [0.15, 0.2) is 23.3 Å². The van der Waals surface area contributed by atoms with Crippen molar-refractivity contribution in [1.29, 1.82) is 0 Å². The summed E-state index contributed by atoms with van der Waals surface area (Å²) in [4.78, 5) is 22.8. The summed E-state index contributed by atoms with van der Waals surface area (Å²) in [5, 5.41) is 0. The summed E-state index contributed by atoms with van der Waals surface area (Å²) >= 11 is 0. The summed E-state index contributed by atoms with van der Waals surface area (Å²) < 4.78 is 9.23. The van der Waals surface area contributed by atoms with Gasteiger partial charge < -0.3 is 9.47 Å². The molecule has 0 unspecified atom stereocenters. The molecule has 0 fully saturated rings. The minimum atomic E-state index is -0.492. The zero-order valence-electron chi connectivity index (χ0n) is 8.91. The van der Waals surface area contributed by atoms with E-state index in [1.165, 1.54) is 14.2 Å². The van der Waals surface area contributed by atoms with Gasteiger partial charge in [0, 0.05) is 0 Å². The topological polar surface area (TPSA) is 52.6 Å². The van der Waals surface area contributed by atoms with Gasteiger partial charge in [-0.25, -0.2) is 9.59 Å². The van der Waals surface area contributed by atoms with E-state index in [0.29, 0.717) is 11.1 Å². The molecule has 1 aliphatic carbocycles. The monoisotopic (exact) mass is 210 g/mol. The van der Waals surface area contributed by atoms with Gasteiger partial charge in [-0.3, -0.25) is 0 Å². The number of hydrogen-bond acceptors (Lipinski definition) is 4. The molecular formula is C11H14O4. The van der Waals surface area contributed by atoms with E-state index in [1.54, 1.807) is 12.2 Å². The van der Waals surface area contributed by atoms with Crippen LogP contribution in [0.25, 0.3) is 0 Å². The van der Waals surface area contributed by atoms with E-state index >= 15 is 0 Å². The van der Waals surface area contributed by atoms with E-state index in [-0.39, 0.29) is 0 Å². The number of hydrogen-bond donors (Lipinski definition) is 0. The van der Waals surface area contributed by atoms with E-state index in [0.717, 1.165) is 19.3 Å². The fraction of sp³-hybridized carbons (Fsp3) is 0.455. The molecule has 0 atom stereocenters. The van der Waals surface area contributed by atoms with E-state index in [2.05, 4.69) is 9.47 Å². The van der Waals surface area contributed by atoms with Gasteiger partial charge in [0.2, 0.25) is 0 Å². The fourth-order valence-corrected chi connectivity index (χ4v) is 1.44. The summed E-state index contributed by atoms with van der Waals surface area (Å²) in [5.41, 5.74) is 0.615. The Labute approximate surface area is 88.6 Å². The second kappa shape index (κ2) is 5.34. The lowest BCUT2D eigenvalue weighted by molar-refractivity contribution is -0.139. The van der Waals surface area contributed by atoms with Crippen molar-refractivity contribution in [3.8, 4) is 0 Å². The molecule has 0 amide bonds. The summed E-state index contributed by atoms with van der Waals surface area (Å²) in [6.07, 6.45) is 5.90. The number of allylic oxidation sites excluding steroid dienone is 2. The predicted octanol–water partition coefficient (Wildman–Crippen LogP) is 1.37. The van der Waals surface area contributed by atoms with Crippen molar-refractivity contribution < 1.29 is 19.1 Å². The molecule has 0 radical (unpaired) electrons. The Hall–Kier alpha value is -1.58. The first-order valence-electron chi connectivity index (χ1n) is 4.78. The Balaban J connectivity index is 3.01. The van der Waals surface area contributed by atoms with Crippen LogP contribution in [0, 0.1) is 0 Å². The largest absolute Gasteiger partial charge is 0.465 e. The Morgan fingerprint density at radius 1 is 1.00 bits per heavy atom. The maximum atomic E-state index is 11.4. The summed E-state index contributed by atoms with van der Waals surface area (Å²) in [5.74, 6) is -0.984. The van der Waals surface area contributed by atoms with Crippen molar-refractivity contribution in [2.24, 2.45) is 0 Å². The second-order valence-electron chi connectivity index (χ2n) is 3.15. The van der Waals surface area contributed by atoms with Crippen LogP contribution in [-0.2, 0) is 19.1 Å². The van der Waals surface area contributed by atoms with Gasteiger partial charge >= 0.3 is 11.9 Å². The first kappa shape index (κ1) is 11.5. The Morgan fingerprint density at radius 2 is 1.40 bits per heavy atom. The van der Waals surface area contributed by atoms with Crippen molar-refractivity contribution in [2.75, 3.05) is 14.2 Å². The number of methoxy groups -OCH3 is 2. The Morgan fingerprint density at radius 3 is 1.73 bits per heavy atom. The summed E-state index contributed by atoms with van der Waals surface area (Å²) in [6.45, 7) is 0. The molecule has 0 aromatic heterocycles. The van der Waals surface area contributed by atoms with Crippen LogP contribution < -0.4 is 0 Å². The molecule has 82 valence electrons. The number of rotatable bonds is 2. The van der Waals surface area contributed by atoms with Crippen LogP contribution in [0.5, 0.6) is 0 Å². The lowest BCUT2D eigenvalue weighted by Gasteiger charge is -2.06. The molecule has 4 nitrogen and oxygen atoms in total. The van der Waals surface area contributed by atoms with Crippen LogP contribution >= 0.6 is 0 Å². The molecule has 0 aromatic carbocycles. The molecule has 0 N–H and O–H groups in total. The van der Waals surface area contributed by atoms with Crippen LogP contribution in [-0.4, -0.2) is 26.2 Å². The third kappa shape index (κ3) is 2.68. The van der Waals surface area contributed by atoms with Gasteiger partial charge in [-0.05, 0) is 19.3 Å². The molecule has 15 heavy (non-hydrogen) atoms. The molecule has 0 saturated carbocycles. The summed E-state index contributed by atoms with van der Waals surface area (Å²) in [6, 6.07) is 0. The van der Waals surface area contributed by atoms with Crippen LogP contribution in [0.2, 0.25) is 0 Å². The lowest BCUT2D eigenvalue weighted by atomic mass is 10.1. The normalized spacial score (nSPS) is 15.9. The first-order chi connectivity index (χ1) is 7.20. The molecule has 0 spiro atoms. The molecule has 0 aliphatic heterocycles. The molecule has 4 heteroatoms. The van der Waals surface area contributed by atoms with Crippen molar-refractivity contribution in [3.63, 3.8) is 0 Å². The SMILES string of the molecule is COC(=O)C1=CCCCC=C1C(=O)OC. The quantitative estimate of drug-likeness (QED) is 0.646. The van der Waals surface area contributed by atoms with Crippen molar-refractivity contribution in [2.45, 2.75) is 19.3 Å². The smallest absolute Gasteiger partial charge is 0.338 e. The molecule has 0 aromatic rings. The number of esters is 2. The third-order valence-corrected chi connectivity index (χ3v) is 2.21. The van der Waals surface area contributed by atoms with E-state index < -0.39 is 11.9 Å². The molecule has 0 heterocycles. The number of carbonyl (C=O) groups is 2. The number of carbonyl (C=O) groups excluding carboxylic acids is 2. The third-order valence-electron chi connectivity index (χ3n) is 2.21. The highest BCUT2D eigenvalue weighted by atomic mass is 16.5. The van der Waals surface area contributed by atoms with Gasteiger partial charge in [-0.15, -0.1) is 0 Å². The fourth-order valence-electron chi connectivity index (χ4n) is 1.44. The zero-order chi connectivity index (χ0) is 11.3. The predicted molar refractivity (Wildman–Crippen MR) is 54.0 cm³/mol. The highest BCUT2D eigenvalue weighted by Gasteiger charge is 2.22. The molecular weight excluding hydrogens is 196 g/mol. The van der Waals surface area contributed by atoms with Gasteiger partial charge in [0.15, 0.2) is 0 Å².